The largest absolute Gasteiger partial charge is 0.329 e. The van der Waals surface area contributed by atoms with E-state index in [2.05, 4.69) is 34.1 Å². The highest BCUT2D eigenvalue weighted by atomic mass is 15.2. The van der Waals surface area contributed by atoms with Gasteiger partial charge in [-0.05, 0) is 37.1 Å². The van der Waals surface area contributed by atoms with Crippen LogP contribution in [0.3, 0.4) is 0 Å². The first kappa shape index (κ1) is 11.6. The zero-order valence-corrected chi connectivity index (χ0v) is 10.5. The summed E-state index contributed by atoms with van der Waals surface area (Å²) in [4.78, 5) is 6.91. The number of fused-ring (bicyclic) bond motifs is 1. The molecule has 1 saturated heterocycles. The third-order valence-corrected chi connectivity index (χ3v) is 3.88. The second-order valence-electron chi connectivity index (χ2n) is 4.99. The Hall–Kier alpha value is -1.45. The normalized spacial score (nSPS) is 20.6. The molecule has 0 amide bonds. The maximum Gasteiger partial charge on any atom is 0.0705 e. The van der Waals surface area contributed by atoms with Crippen LogP contribution in [0.2, 0.25) is 0 Å². The molecule has 1 fully saturated rings. The SMILES string of the molecule is NCC1CCCN1Cc1ccnc2ccccc12. The van der Waals surface area contributed by atoms with E-state index in [9.17, 15) is 0 Å². The van der Waals surface area contributed by atoms with E-state index >= 15 is 0 Å². The zero-order chi connectivity index (χ0) is 12.4. The third-order valence-electron chi connectivity index (χ3n) is 3.88. The quantitative estimate of drug-likeness (QED) is 0.895. The van der Waals surface area contributed by atoms with Crippen molar-refractivity contribution in [1.82, 2.24) is 9.88 Å². The van der Waals surface area contributed by atoms with E-state index in [1.165, 1.54) is 30.3 Å². The van der Waals surface area contributed by atoms with Crippen LogP contribution in [-0.4, -0.2) is 29.0 Å². The maximum absolute atomic E-state index is 5.84. The Kier molecular flexibility index (Phi) is 3.26. The lowest BCUT2D eigenvalue weighted by molar-refractivity contribution is 0.251. The molecule has 1 aliphatic heterocycles. The molecule has 1 atom stereocenters. The van der Waals surface area contributed by atoms with Gasteiger partial charge in [-0.25, -0.2) is 0 Å². The van der Waals surface area contributed by atoms with Crippen molar-refractivity contribution in [2.45, 2.75) is 25.4 Å². The molecule has 0 spiro atoms. The Morgan fingerprint density at radius 2 is 2.17 bits per heavy atom. The number of hydrogen-bond donors (Lipinski definition) is 1. The smallest absolute Gasteiger partial charge is 0.0705 e. The molecule has 3 heteroatoms. The molecule has 94 valence electrons. The Morgan fingerprint density at radius 1 is 1.28 bits per heavy atom. The fraction of sp³-hybridized carbons (Fsp3) is 0.400. The summed E-state index contributed by atoms with van der Waals surface area (Å²) in [5.41, 5.74) is 8.28. The molecule has 18 heavy (non-hydrogen) atoms. The average Bonchev–Trinajstić information content (AvgIpc) is 2.86. The number of para-hydroxylation sites is 1. The summed E-state index contributed by atoms with van der Waals surface area (Å²) >= 11 is 0. The molecule has 3 nitrogen and oxygen atoms in total. The first-order chi connectivity index (χ1) is 8.88. The molecule has 1 aromatic carbocycles. The second-order valence-corrected chi connectivity index (χ2v) is 4.99. The van der Waals surface area contributed by atoms with Gasteiger partial charge in [0.25, 0.3) is 0 Å². The molecule has 1 aliphatic rings. The number of rotatable bonds is 3. The molecule has 0 saturated carbocycles. The lowest BCUT2D eigenvalue weighted by Crippen LogP contribution is -2.34. The van der Waals surface area contributed by atoms with Crippen LogP contribution in [-0.2, 0) is 6.54 Å². The fourth-order valence-electron chi connectivity index (χ4n) is 2.88. The Labute approximate surface area is 108 Å². The topological polar surface area (TPSA) is 42.1 Å². The summed E-state index contributed by atoms with van der Waals surface area (Å²) in [5.74, 6) is 0. The number of nitrogens with two attached hydrogens (primary N) is 1. The Morgan fingerprint density at radius 3 is 3.06 bits per heavy atom. The molecular formula is C15H19N3. The molecule has 3 rings (SSSR count). The van der Waals surface area contributed by atoms with E-state index in [0.29, 0.717) is 6.04 Å². The number of benzene rings is 1. The van der Waals surface area contributed by atoms with Crippen LogP contribution in [0.15, 0.2) is 36.5 Å². The van der Waals surface area contributed by atoms with Crippen LogP contribution in [0.5, 0.6) is 0 Å². The van der Waals surface area contributed by atoms with Gasteiger partial charge in [0, 0.05) is 30.7 Å². The van der Waals surface area contributed by atoms with Crippen molar-refractivity contribution in [1.29, 1.82) is 0 Å². The molecular weight excluding hydrogens is 222 g/mol. The van der Waals surface area contributed by atoms with E-state index in [1.807, 2.05) is 12.3 Å². The number of likely N-dealkylation sites (tertiary alicyclic amines) is 1. The summed E-state index contributed by atoms with van der Waals surface area (Å²) in [5, 5.41) is 1.27. The van der Waals surface area contributed by atoms with Crippen molar-refractivity contribution in [3.05, 3.63) is 42.1 Å². The highest BCUT2D eigenvalue weighted by molar-refractivity contribution is 5.81. The third kappa shape index (κ3) is 2.11. The van der Waals surface area contributed by atoms with Crippen molar-refractivity contribution in [3.8, 4) is 0 Å². The zero-order valence-electron chi connectivity index (χ0n) is 10.5. The van der Waals surface area contributed by atoms with Crippen molar-refractivity contribution in [2.75, 3.05) is 13.1 Å². The molecule has 1 aromatic heterocycles. The molecule has 0 radical (unpaired) electrons. The number of pyridine rings is 1. The lowest BCUT2D eigenvalue weighted by atomic mass is 10.1. The van der Waals surface area contributed by atoms with Crippen molar-refractivity contribution in [3.63, 3.8) is 0 Å². The predicted octanol–water partition coefficient (Wildman–Crippen LogP) is 2.16. The van der Waals surface area contributed by atoms with Crippen molar-refractivity contribution in [2.24, 2.45) is 5.73 Å². The Balaban J connectivity index is 1.90. The summed E-state index contributed by atoms with van der Waals surface area (Å²) in [6.45, 7) is 2.92. The number of nitrogens with zero attached hydrogens (tertiary/aromatic N) is 2. The fourth-order valence-corrected chi connectivity index (χ4v) is 2.88. The van der Waals surface area contributed by atoms with Gasteiger partial charge in [0.2, 0.25) is 0 Å². The molecule has 1 unspecified atom stereocenters. The first-order valence-electron chi connectivity index (χ1n) is 6.65. The van der Waals surface area contributed by atoms with Crippen LogP contribution in [0.4, 0.5) is 0 Å². The van der Waals surface area contributed by atoms with E-state index < -0.39 is 0 Å². The van der Waals surface area contributed by atoms with Gasteiger partial charge in [-0.15, -0.1) is 0 Å². The van der Waals surface area contributed by atoms with Crippen LogP contribution < -0.4 is 5.73 Å². The highest BCUT2D eigenvalue weighted by Crippen LogP contribution is 2.23. The van der Waals surface area contributed by atoms with E-state index in [-0.39, 0.29) is 0 Å². The first-order valence-corrected chi connectivity index (χ1v) is 6.65. The van der Waals surface area contributed by atoms with Gasteiger partial charge >= 0.3 is 0 Å². The standard InChI is InChI=1S/C15H19N3/c16-10-13-4-3-9-18(13)11-12-7-8-17-15-6-2-1-5-14(12)15/h1-2,5-8,13H,3-4,9-11,16H2. The van der Waals surface area contributed by atoms with E-state index in [4.69, 9.17) is 5.73 Å². The summed E-state index contributed by atoms with van der Waals surface area (Å²) in [7, 11) is 0. The monoisotopic (exact) mass is 241 g/mol. The molecule has 2 heterocycles. The van der Waals surface area contributed by atoms with Crippen molar-refractivity contribution < 1.29 is 0 Å². The average molecular weight is 241 g/mol. The van der Waals surface area contributed by atoms with Crippen LogP contribution in [0.25, 0.3) is 10.9 Å². The van der Waals surface area contributed by atoms with Gasteiger partial charge in [0.15, 0.2) is 0 Å². The van der Waals surface area contributed by atoms with E-state index in [1.54, 1.807) is 0 Å². The number of aromatic nitrogens is 1. The van der Waals surface area contributed by atoms with E-state index in [0.717, 1.165) is 18.6 Å². The minimum Gasteiger partial charge on any atom is -0.329 e. The van der Waals surface area contributed by atoms with Crippen LogP contribution >= 0.6 is 0 Å². The van der Waals surface area contributed by atoms with Gasteiger partial charge in [0.1, 0.15) is 0 Å². The predicted molar refractivity (Wildman–Crippen MR) is 74.2 cm³/mol. The maximum atomic E-state index is 5.84. The minimum absolute atomic E-state index is 0.553. The van der Waals surface area contributed by atoms with Gasteiger partial charge in [0.05, 0.1) is 5.52 Å². The summed E-state index contributed by atoms with van der Waals surface area (Å²) < 4.78 is 0. The lowest BCUT2D eigenvalue weighted by Gasteiger charge is -2.23. The van der Waals surface area contributed by atoms with Crippen molar-refractivity contribution >= 4 is 10.9 Å². The Bertz CT molecular complexity index is 533. The summed E-state index contributed by atoms with van der Waals surface area (Å²) in [6, 6.07) is 11.0. The van der Waals surface area contributed by atoms with Gasteiger partial charge < -0.3 is 5.73 Å². The molecule has 2 N–H and O–H groups in total. The van der Waals surface area contributed by atoms with Crippen LogP contribution in [0.1, 0.15) is 18.4 Å². The second kappa shape index (κ2) is 5.04. The molecule has 2 aromatic rings. The number of hydrogen-bond acceptors (Lipinski definition) is 3. The molecule has 0 aliphatic carbocycles. The highest BCUT2D eigenvalue weighted by Gasteiger charge is 2.23. The summed E-state index contributed by atoms with van der Waals surface area (Å²) in [6.07, 6.45) is 4.41. The minimum atomic E-state index is 0.553. The van der Waals surface area contributed by atoms with Gasteiger partial charge in [-0.2, -0.15) is 0 Å². The van der Waals surface area contributed by atoms with Gasteiger partial charge in [-0.3, -0.25) is 9.88 Å². The van der Waals surface area contributed by atoms with Crippen LogP contribution in [0, 0.1) is 0 Å². The molecule has 0 bridgehead atoms. The van der Waals surface area contributed by atoms with Gasteiger partial charge in [-0.1, -0.05) is 18.2 Å².